The van der Waals surface area contributed by atoms with E-state index in [0.29, 0.717) is 0 Å². The molecule has 2 aromatic rings. The Balaban J connectivity index is 0.000000281. The minimum absolute atomic E-state index is 0.859. The summed E-state index contributed by atoms with van der Waals surface area (Å²) in [5, 5.41) is 11.0. The van der Waals surface area contributed by atoms with E-state index in [1.54, 1.807) is 0 Å². The molecule has 1 heterocycles. The van der Waals surface area contributed by atoms with E-state index in [0.717, 1.165) is 11.0 Å². The molecule has 0 bridgehead atoms. The van der Waals surface area contributed by atoms with Gasteiger partial charge in [0.15, 0.2) is 0 Å². The van der Waals surface area contributed by atoms with Gasteiger partial charge in [-0.15, -0.1) is 0 Å². The number of nitrogens with zero attached hydrogens (tertiary/aromatic N) is 3. The topological polar surface area (TPSA) is 39.9 Å². The average Bonchev–Trinajstić information content (AvgIpc) is 2.55. The normalized spacial score (nSPS) is 9.00. The van der Waals surface area contributed by atoms with Crippen molar-refractivity contribution in [2.45, 2.75) is 0 Å². The van der Waals surface area contributed by atoms with E-state index in [4.69, 9.17) is 0 Å². The number of rotatable bonds is 0. The summed E-state index contributed by atoms with van der Waals surface area (Å²) < 4.78 is 0. The quantitative estimate of drug-likeness (QED) is 0.624. The van der Waals surface area contributed by atoms with E-state index in [9.17, 15) is 0 Å². The molecule has 0 aliphatic carbocycles. The van der Waals surface area contributed by atoms with Crippen LogP contribution < -0.4 is 5.10 Å². The first-order valence-electron chi connectivity index (χ1n) is 2.79. The third-order valence-electron chi connectivity index (χ3n) is 1.19. The van der Waals surface area contributed by atoms with Crippen molar-refractivity contribution in [1.82, 2.24) is 15.4 Å². The number of hydrogen-bond acceptors (Lipinski definition) is 2. The minimum Gasteiger partial charge on any atom is -0.350 e. The zero-order valence-electron chi connectivity index (χ0n) is 5.33. The third kappa shape index (κ3) is 1.93. The largest absolute Gasteiger partial charge is 0.350 e. The predicted molar refractivity (Wildman–Crippen MR) is 38.7 cm³/mol. The van der Waals surface area contributed by atoms with Gasteiger partial charge in [0.25, 0.3) is 0 Å². The monoisotopic (exact) mass is 216 g/mol. The molecule has 0 amide bonds. The molecule has 3 nitrogen and oxygen atoms in total. The van der Waals surface area contributed by atoms with E-state index in [2.05, 4.69) is 40.6 Å². The maximum Gasteiger partial charge on any atom is -0.0209 e. The number of halogens is 1. The van der Waals surface area contributed by atoms with Crippen molar-refractivity contribution in [1.29, 1.82) is 0 Å². The fourth-order valence-corrected chi connectivity index (χ4v) is 0.752. The Hall–Kier alpha value is -0.571. The first-order chi connectivity index (χ1) is 5.47. The molecular weight excluding hydrogens is 213 g/mol. The maximum atomic E-state index is 4.20. The van der Waals surface area contributed by atoms with Crippen LogP contribution in [0, 0.1) is 0 Å². The Kier molecular flexibility index (Phi) is 3.36. The first kappa shape index (κ1) is 8.53. The summed E-state index contributed by atoms with van der Waals surface area (Å²) in [4.78, 5) is 0. The van der Waals surface area contributed by atoms with Crippen molar-refractivity contribution in [3.8, 4) is 0 Å². The van der Waals surface area contributed by atoms with Gasteiger partial charge in [0.1, 0.15) is 0 Å². The van der Waals surface area contributed by atoms with Gasteiger partial charge in [-0.05, 0) is 11.0 Å². The molecule has 0 unspecified atom stereocenters. The molecule has 0 N–H and O–H groups in total. The number of fused-ring (bicyclic) bond motifs is 1. The molecule has 0 radical (unpaired) electrons. The third-order valence-corrected chi connectivity index (χ3v) is 1.19. The molecule has 0 aliphatic rings. The Labute approximate surface area is 76.2 Å². The van der Waals surface area contributed by atoms with Gasteiger partial charge in [-0.2, -0.15) is 0 Å². The second-order valence-electron chi connectivity index (χ2n) is 1.78. The second-order valence-corrected chi connectivity index (χ2v) is 1.78. The molecule has 0 saturated heterocycles. The van der Waals surface area contributed by atoms with Crippen LogP contribution >= 0.6 is 10.1 Å². The molecule has 0 spiro atoms. The van der Waals surface area contributed by atoms with Crippen molar-refractivity contribution in [3.05, 3.63) is 24.3 Å². The summed E-state index contributed by atoms with van der Waals surface area (Å²) in [5.74, 6) is 0. The molecule has 0 atom stereocenters. The van der Waals surface area contributed by atoms with Gasteiger partial charge in [-0.25, -0.2) is 0 Å². The molecule has 61 valence electrons. The Morgan fingerprint density at radius 1 is 1.27 bits per heavy atom. The Morgan fingerprint density at radius 2 is 2.00 bits per heavy atom. The van der Waals surface area contributed by atoms with Crippen LogP contribution in [0.2, 0.25) is 0 Å². The summed E-state index contributed by atoms with van der Waals surface area (Å²) in [6, 6.07) is 7.60. The van der Waals surface area contributed by atoms with Gasteiger partial charge in [-0.3, -0.25) is 5.21 Å². The molecule has 0 fully saturated rings. The van der Waals surface area contributed by atoms with E-state index in [1.807, 2.05) is 24.3 Å². The summed E-state index contributed by atoms with van der Waals surface area (Å²) >= 11 is 3.66. The zero-order chi connectivity index (χ0) is 8.10. The number of aromatic nitrogens is 3. The average molecular weight is 217 g/mol. The van der Waals surface area contributed by atoms with Crippen LogP contribution in [0.15, 0.2) is 24.3 Å². The van der Waals surface area contributed by atoms with Crippen LogP contribution in [-0.2, 0) is 15.1 Å². The standard InChI is InChI=1S/C6H4N3.ClH.Cu/c1-2-4-6-5(3-1)7-9-8-6;;/h1-4H;1H;/q-1;;+2/p-1. The second kappa shape index (κ2) is 4.34. The Morgan fingerprint density at radius 3 is 2.73 bits per heavy atom. The van der Waals surface area contributed by atoms with Crippen LogP contribution in [-0.4, -0.2) is 10.3 Å². The molecule has 1 aromatic carbocycles. The SMILES string of the molecule is [Cl][Cu+].c1ccc2[n-]nnc2c1. The van der Waals surface area contributed by atoms with Crippen LogP contribution in [0.1, 0.15) is 0 Å². The zero-order valence-corrected chi connectivity index (χ0v) is 7.03. The predicted octanol–water partition coefficient (Wildman–Crippen LogP) is 1.27. The van der Waals surface area contributed by atoms with Gasteiger partial charge in [0, 0.05) is 0 Å². The summed E-state index contributed by atoms with van der Waals surface area (Å²) in [7, 11) is 4.20. The van der Waals surface area contributed by atoms with Crippen molar-refractivity contribution in [3.63, 3.8) is 0 Å². The fourth-order valence-electron chi connectivity index (χ4n) is 0.752. The van der Waals surface area contributed by atoms with Gasteiger partial charge >= 0.3 is 25.2 Å². The van der Waals surface area contributed by atoms with E-state index in [-0.39, 0.29) is 0 Å². The van der Waals surface area contributed by atoms with Gasteiger partial charge < -0.3 is 10.2 Å². The summed E-state index contributed by atoms with van der Waals surface area (Å²) in [6.07, 6.45) is 0. The molecule has 5 heteroatoms. The van der Waals surface area contributed by atoms with Crippen LogP contribution in [0.25, 0.3) is 11.0 Å². The van der Waals surface area contributed by atoms with Crippen molar-refractivity contribution in [2.75, 3.05) is 0 Å². The van der Waals surface area contributed by atoms with Crippen LogP contribution in [0.4, 0.5) is 0 Å². The van der Waals surface area contributed by atoms with Crippen molar-refractivity contribution < 1.29 is 15.1 Å². The number of hydrogen-bond donors (Lipinski definition) is 0. The summed E-state index contributed by atoms with van der Waals surface area (Å²) in [5.41, 5.74) is 1.72. The van der Waals surface area contributed by atoms with Crippen molar-refractivity contribution in [2.24, 2.45) is 0 Å². The maximum absolute atomic E-state index is 4.20. The van der Waals surface area contributed by atoms with Gasteiger partial charge in [0.2, 0.25) is 0 Å². The number of benzene rings is 1. The van der Waals surface area contributed by atoms with Gasteiger partial charge in [-0.1, -0.05) is 24.3 Å². The van der Waals surface area contributed by atoms with Gasteiger partial charge in [0.05, 0.1) is 0 Å². The Bertz CT molecular complexity index is 292. The van der Waals surface area contributed by atoms with E-state index < -0.39 is 0 Å². The minimum atomic E-state index is 0.859. The molecule has 0 saturated carbocycles. The molecule has 0 aliphatic heterocycles. The van der Waals surface area contributed by atoms with Crippen molar-refractivity contribution >= 4 is 21.1 Å². The van der Waals surface area contributed by atoms with E-state index >= 15 is 0 Å². The smallest absolute Gasteiger partial charge is 0.0209 e. The molecule has 11 heavy (non-hydrogen) atoms. The molecule has 1 aromatic heterocycles. The summed E-state index contributed by atoms with van der Waals surface area (Å²) in [6.45, 7) is 0. The first-order valence-corrected chi connectivity index (χ1v) is 4.08. The molecule has 2 rings (SSSR count). The fraction of sp³-hybridized carbons (Fsp3) is 0. The van der Waals surface area contributed by atoms with E-state index in [1.165, 1.54) is 0 Å². The molecular formula is C6H4ClCuN3. The van der Waals surface area contributed by atoms with Crippen LogP contribution in [0.3, 0.4) is 0 Å². The van der Waals surface area contributed by atoms with Crippen LogP contribution in [0.5, 0.6) is 0 Å².